The highest BCUT2D eigenvalue weighted by Gasteiger charge is 2.08. The first-order valence-electron chi connectivity index (χ1n) is 8.31. The van der Waals surface area contributed by atoms with Crippen LogP contribution < -0.4 is 15.4 Å². The molecule has 8 heteroatoms. The minimum Gasteiger partial charge on any atom is -0.497 e. The van der Waals surface area contributed by atoms with E-state index < -0.39 is 0 Å². The molecule has 0 spiro atoms. The van der Waals surface area contributed by atoms with E-state index in [2.05, 4.69) is 42.9 Å². The van der Waals surface area contributed by atoms with E-state index >= 15 is 0 Å². The quantitative estimate of drug-likeness (QED) is 0.443. The molecule has 0 saturated heterocycles. The molecule has 0 saturated carbocycles. The highest BCUT2D eigenvalue weighted by atomic mass is 16.5. The van der Waals surface area contributed by atoms with E-state index in [0.717, 1.165) is 18.7 Å². The Labute approximate surface area is 151 Å². The minimum atomic E-state index is 0.482. The highest BCUT2D eigenvalue weighted by molar-refractivity contribution is 5.79. The van der Waals surface area contributed by atoms with Crippen molar-refractivity contribution in [1.82, 2.24) is 25.8 Å². The number of H-pyrrole nitrogens is 1. The summed E-state index contributed by atoms with van der Waals surface area (Å²) in [6, 6.07) is 11.7. The van der Waals surface area contributed by atoms with Crippen molar-refractivity contribution in [1.29, 1.82) is 0 Å². The number of hydrogen-bond acceptors (Lipinski definition) is 5. The maximum atomic E-state index is 5.28. The van der Waals surface area contributed by atoms with Gasteiger partial charge < -0.3 is 19.8 Å². The molecule has 3 rings (SSSR count). The molecule has 26 heavy (non-hydrogen) atoms. The predicted molar refractivity (Wildman–Crippen MR) is 99.0 cm³/mol. The summed E-state index contributed by atoms with van der Waals surface area (Å²) in [4.78, 5) is 8.60. The van der Waals surface area contributed by atoms with E-state index in [-0.39, 0.29) is 0 Å². The number of aromatic nitrogens is 3. The van der Waals surface area contributed by atoms with Crippen LogP contribution in [-0.2, 0) is 13.0 Å². The third-order valence-corrected chi connectivity index (χ3v) is 3.79. The summed E-state index contributed by atoms with van der Waals surface area (Å²) in [6.07, 6.45) is 2.48. The molecule has 2 heterocycles. The van der Waals surface area contributed by atoms with Gasteiger partial charge in [-0.1, -0.05) is 12.1 Å². The Hall–Kier alpha value is -3.29. The first kappa shape index (κ1) is 17.5. The summed E-state index contributed by atoms with van der Waals surface area (Å²) in [5.41, 5.74) is 1.23. The van der Waals surface area contributed by atoms with Gasteiger partial charge >= 0.3 is 0 Å². The number of methoxy groups -OCH3 is 1. The number of guanidine groups is 1. The number of hydrogen-bond donors (Lipinski definition) is 3. The molecule has 0 bridgehead atoms. The molecule has 0 fully saturated rings. The van der Waals surface area contributed by atoms with E-state index in [1.54, 1.807) is 26.5 Å². The Morgan fingerprint density at radius 3 is 2.77 bits per heavy atom. The smallest absolute Gasteiger partial charge is 0.216 e. The van der Waals surface area contributed by atoms with Crippen molar-refractivity contribution in [2.24, 2.45) is 4.99 Å². The molecular weight excluding hydrogens is 332 g/mol. The van der Waals surface area contributed by atoms with E-state index in [9.17, 15) is 0 Å². The van der Waals surface area contributed by atoms with Crippen LogP contribution in [0.1, 0.15) is 11.4 Å². The van der Waals surface area contributed by atoms with E-state index in [0.29, 0.717) is 29.9 Å². The Bertz CT molecular complexity index is 824. The lowest BCUT2D eigenvalue weighted by molar-refractivity contribution is 0.414. The molecule has 0 atom stereocenters. The molecule has 1 aromatic carbocycles. The van der Waals surface area contributed by atoms with Crippen molar-refractivity contribution in [2.45, 2.75) is 13.0 Å². The van der Waals surface area contributed by atoms with Crippen LogP contribution in [-0.4, -0.2) is 41.8 Å². The van der Waals surface area contributed by atoms with Gasteiger partial charge in [-0.15, -0.1) is 5.10 Å². The van der Waals surface area contributed by atoms with Crippen LogP contribution in [0.25, 0.3) is 11.6 Å². The first-order valence-corrected chi connectivity index (χ1v) is 8.31. The number of rotatable bonds is 7. The second-order valence-corrected chi connectivity index (χ2v) is 5.53. The molecule has 0 aliphatic carbocycles. The summed E-state index contributed by atoms with van der Waals surface area (Å²) >= 11 is 0. The molecule has 0 aliphatic rings. The number of benzene rings is 1. The summed E-state index contributed by atoms with van der Waals surface area (Å²) in [6.45, 7) is 1.25. The van der Waals surface area contributed by atoms with Gasteiger partial charge in [-0.3, -0.25) is 10.1 Å². The molecule has 136 valence electrons. The molecule has 3 aromatic rings. The summed E-state index contributed by atoms with van der Waals surface area (Å²) in [7, 11) is 3.40. The normalized spacial score (nSPS) is 11.4. The third-order valence-electron chi connectivity index (χ3n) is 3.79. The van der Waals surface area contributed by atoms with E-state index in [4.69, 9.17) is 9.15 Å². The molecule has 0 amide bonds. The number of aromatic amines is 1. The van der Waals surface area contributed by atoms with Crippen molar-refractivity contribution in [3.05, 3.63) is 54.0 Å². The lowest BCUT2D eigenvalue weighted by atomic mass is 10.1. The van der Waals surface area contributed by atoms with Crippen LogP contribution in [0, 0.1) is 0 Å². The zero-order valence-corrected chi connectivity index (χ0v) is 14.8. The fraction of sp³-hybridized carbons (Fsp3) is 0.278. The Morgan fingerprint density at radius 1 is 1.23 bits per heavy atom. The van der Waals surface area contributed by atoms with Crippen LogP contribution >= 0.6 is 0 Å². The maximum Gasteiger partial charge on any atom is 0.216 e. The van der Waals surface area contributed by atoms with Gasteiger partial charge in [-0.2, -0.15) is 0 Å². The third kappa shape index (κ3) is 4.62. The fourth-order valence-electron chi connectivity index (χ4n) is 2.40. The molecule has 0 aliphatic heterocycles. The fourth-order valence-corrected chi connectivity index (χ4v) is 2.40. The average molecular weight is 354 g/mol. The van der Waals surface area contributed by atoms with Crippen molar-refractivity contribution in [3.63, 3.8) is 0 Å². The zero-order valence-electron chi connectivity index (χ0n) is 14.8. The topological polar surface area (TPSA) is 100 Å². The second-order valence-electron chi connectivity index (χ2n) is 5.53. The lowest BCUT2D eigenvalue weighted by Gasteiger charge is -2.11. The van der Waals surface area contributed by atoms with Gasteiger partial charge in [0.25, 0.3) is 0 Å². The predicted octanol–water partition coefficient (Wildman–Crippen LogP) is 1.98. The number of nitrogens with zero attached hydrogens (tertiary/aromatic N) is 3. The van der Waals surface area contributed by atoms with Crippen LogP contribution in [0.5, 0.6) is 5.75 Å². The average Bonchev–Trinajstić information content (AvgIpc) is 3.36. The van der Waals surface area contributed by atoms with Crippen LogP contribution in [0.2, 0.25) is 0 Å². The number of nitrogens with one attached hydrogen (secondary N) is 3. The van der Waals surface area contributed by atoms with Gasteiger partial charge in [0, 0.05) is 13.6 Å². The van der Waals surface area contributed by atoms with Crippen molar-refractivity contribution >= 4 is 5.96 Å². The van der Waals surface area contributed by atoms with Crippen molar-refractivity contribution in [2.75, 3.05) is 20.7 Å². The highest BCUT2D eigenvalue weighted by Crippen LogP contribution is 2.14. The molecule has 0 unspecified atom stereocenters. The SMILES string of the molecule is CN=C(NCCc1ccc(OC)cc1)NCc1nc(-c2ccco2)n[nH]1. The van der Waals surface area contributed by atoms with Gasteiger partial charge in [0.15, 0.2) is 11.7 Å². The molecule has 2 aromatic heterocycles. The Balaban J connectivity index is 1.44. The standard InChI is InChI=1S/C18H22N6O2/c1-19-18(20-10-9-13-5-7-14(25-2)8-6-13)21-12-16-22-17(24-23-16)15-4-3-11-26-15/h3-8,11H,9-10,12H2,1-2H3,(H2,19,20,21)(H,22,23,24). The lowest BCUT2D eigenvalue weighted by Crippen LogP contribution is -2.38. The van der Waals surface area contributed by atoms with Crippen LogP contribution in [0.15, 0.2) is 52.1 Å². The minimum absolute atomic E-state index is 0.482. The van der Waals surface area contributed by atoms with Crippen molar-refractivity contribution < 1.29 is 9.15 Å². The van der Waals surface area contributed by atoms with E-state index in [1.165, 1.54) is 5.56 Å². The van der Waals surface area contributed by atoms with Gasteiger partial charge in [0.2, 0.25) is 5.82 Å². The Morgan fingerprint density at radius 2 is 2.08 bits per heavy atom. The van der Waals surface area contributed by atoms with Crippen molar-refractivity contribution in [3.8, 4) is 17.3 Å². The second kappa shape index (κ2) is 8.70. The van der Waals surface area contributed by atoms with Crippen LogP contribution in [0.4, 0.5) is 0 Å². The molecule has 8 nitrogen and oxygen atoms in total. The first-order chi connectivity index (χ1) is 12.8. The van der Waals surface area contributed by atoms with E-state index in [1.807, 2.05) is 18.2 Å². The molecule has 0 radical (unpaired) electrons. The molecule has 3 N–H and O–H groups in total. The van der Waals surface area contributed by atoms with Gasteiger partial charge in [-0.05, 0) is 36.2 Å². The summed E-state index contributed by atoms with van der Waals surface area (Å²) < 4.78 is 10.4. The number of ether oxygens (including phenoxy) is 1. The molecular formula is C18H22N6O2. The Kier molecular flexibility index (Phi) is 5.87. The van der Waals surface area contributed by atoms with Gasteiger partial charge in [0.1, 0.15) is 11.6 Å². The maximum absolute atomic E-state index is 5.28. The number of aliphatic imine (C=N–C) groups is 1. The monoisotopic (exact) mass is 354 g/mol. The summed E-state index contributed by atoms with van der Waals surface area (Å²) in [5, 5.41) is 13.5. The van der Waals surface area contributed by atoms with Gasteiger partial charge in [0.05, 0.1) is 19.9 Å². The zero-order chi connectivity index (χ0) is 18.2. The number of furan rings is 1. The van der Waals surface area contributed by atoms with Crippen LogP contribution in [0.3, 0.4) is 0 Å². The summed E-state index contributed by atoms with van der Waals surface area (Å²) in [5.74, 6) is 3.44. The largest absolute Gasteiger partial charge is 0.497 e. The van der Waals surface area contributed by atoms with Gasteiger partial charge in [-0.25, -0.2) is 4.98 Å².